The molecular formula is C66H42N4. The molecular weight excluding hydrogens is 849 g/mol. The van der Waals surface area contributed by atoms with Crippen LogP contribution >= 0.6 is 0 Å². The van der Waals surface area contributed by atoms with Crippen molar-refractivity contribution in [1.82, 2.24) is 19.1 Å². The van der Waals surface area contributed by atoms with E-state index in [-0.39, 0.29) is 5.92 Å². The minimum Gasteiger partial charge on any atom is -0.294 e. The lowest BCUT2D eigenvalue weighted by Crippen LogP contribution is -2.28. The summed E-state index contributed by atoms with van der Waals surface area (Å²) in [5.74, 6) is 2.42. The molecule has 4 nitrogen and oxygen atoms in total. The van der Waals surface area contributed by atoms with Gasteiger partial charge in [-0.1, -0.05) is 206 Å². The maximum atomic E-state index is 5.55. The average Bonchev–Trinajstić information content (AvgIpc) is 4.14. The van der Waals surface area contributed by atoms with Crippen LogP contribution in [0.1, 0.15) is 44.9 Å². The molecule has 3 heterocycles. The van der Waals surface area contributed by atoms with E-state index in [1.54, 1.807) is 0 Å². The van der Waals surface area contributed by atoms with Gasteiger partial charge in [0.15, 0.2) is 5.82 Å². The van der Waals surface area contributed by atoms with Crippen LogP contribution in [0, 0.1) is 0 Å². The van der Waals surface area contributed by atoms with Gasteiger partial charge in [-0.25, -0.2) is 9.97 Å². The SMILES string of the molecule is c1ccc(-c2nc(-n3c4ccccc4c4cc5c(cc43)-c3ccccc3C5c3ccccc3)cc(-n3c4ccccc4c4cc5c(cc43)-c3ccccc3C5(c3ccccc3)c3ccccc3)n2)cc1. The smallest absolute Gasteiger partial charge is 0.163 e. The molecule has 10 aromatic carbocycles. The summed E-state index contributed by atoms with van der Waals surface area (Å²) in [6.07, 6.45) is 0. The third kappa shape index (κ3) is 5.41. The molecule has 0 bridgehead atoms. The molecule has 1 unspecified atom stereocenters. The van der Waals surface area contributed by atoms with Crippen LogP contribution < -0.4 is 0 Å². The summed E-state index contributed by atoms with van der Waals surface area (Å²) in [7, 11) is 0. The van der Waals surface area contributed by atoms with Gasteiger partial charge in [0.2, 0.25) is 0 Å². The number of benzene rings is 10. The van der Waals surface area contributed by atoms with E-state index in [1.807, 2.05) is 0 Å². The van der Waals surface area contributed by atoms with E-state index >= 15 is 0 Å². The van der Waals surface area contributed by atoms with E-state index in [4.69, 9.17) is 9.97 Å². The number of fused-ring (bicyclic) bond motifs is 12. The topological polar surface area (TPSA) is 35.6 Å². The van der Waals surface area contributed by atoms with Crippen molar-refractivity contribution in [3.8, 4) is 45.3 Å². The van der Waals surface area contributed by atoms with Gasteiger partial charge in [0.1, 0.15) is 11.6 Å². The van der Waals surface area contributed by atoms with Crippen LogP contribution in [0.3, 0.4) is 0 Å². The van der Waals surface area contributed by atoms with Gasteiger partial charge >= 0.3 is 0 Å². The molecule has 70 heavy (non-hydrogen) atoms. The second-order valence-electron chi connectivity index (χ2n) is 18.8. The summed E-state index contributed by atoms with van der Waals surface area (Å²) in [4.78, 5) is 11.1. The molecule has 15 rings (SSSR count). The fraction of sp³-hybridized carbons (Fsp3) is 0.0303. The first-order chi connectivity index (χ1) is 34.7. The highest BCUT2D eigenvalue weighted by Crippen LogP contribution is 2.58. The van der Waals surface area contributed by atoms with Crippen LogP contribution in [0.5, 0.6) is 0 Å². The molecule has 4 heteroatoms. The summed E-state index contributed by atoms with van der Waals surface area (Å²) in [6.45, 7) is 0. The van der Waals surface area contributed by atoms with Gasteiger partial charge in [0.05, 0.1) is 27.5 Å². The lowest BCUT2D eigenvalue weighted by Gasteiger charge is -2.33. The van der Waals surface area contributed by atoms with Gasteiger partial charge in [-0.2, -0.15) is 0 Å². The molecule has 0 spiro atoms. The van der Waals surface area contributed by atoms with Crippen molar-refractivity contribution < 1.29 is 0 Å². The number of para-hydroxylation sites is 2. The Hall–Kier alpha value is -9.12. The van der Waals surface area contributed by atoms with Gasteiger partial charge in [0.25, 0.3) is 0 Å². The van der Waals surface area contributed by atoms with Crippen molar-refractivity contribution in [2.24, 2.45) is 0 Å². The van der Waals surface area contributed by atoms with Crippen molar-refractivity contribution in [2.75, 3.05) is 0 Å². The van der Waals surface area contributed by atoms with Crippen LogP contribution in [0.25, 0.3) is 88.9 Å². The Morgan fingerprint density at radius 1 is 0.329 bits per heavy atom. The number of aromatic nitrogens is 4. The predicted molar refractivity (Wildman–Crippen MR) is 286 cm³/mol. The normalized spacial score (nSPS) is 14.3. The zero-order valence-electron chi connectivity index (χ0n) is 38.0. The first-order valence-corrected chi connectivity index (χ1v) is 24.2. The quantitative estimate of drug-likeness (QED) is 0.167. The molecule has 0 N–H and O–H groups in total. The van der Waals surface area contributed by atoms with Crippen molar-refractivity contribution in [3.63, 3.8) is 0 Å². The van der Waals surface area contributed by atoms with E-state index < -0.39 is 5.41 Å². The second kappa shape index (κ2) is 14.9. The van der Waals surface area contributed by atoms with E-state index in [1.165, 1.54) is 82.7 Å². The third-order valence-corrected chi connectivity index (χ3v) is 15.3. The number of hydrogen-bond donors (Lipinski definition) is 0. The molecule has 0 saturated heterocycles. The fourth-order valence-corrected chi connectivity index (χ4v) is 12.4. The van der Waals surface area contributed by atoms with Crippen LogP contribution in [0.4, 0.5) is 0 Å². The zero-order chi connectivity index (χ0) is 45.9. The molecule has 1 atom stereocenters. The molecule has 0 radical (unpaired) electrons. The summed E-state index contributed by atoms with van der Waals surface area (Å²) in [6, 6.07) is 91.0. The van der Waals surface area contributed by atoms with Crippen LogP contribution in [0.15, 0.2) is 249 Å². The maximum absolute atomic E-state index is 5.55. The fourth-order valence-electron chi connectivity index (χ4n) is 12.4. The molecule has 0 amide bonds. The summed E-state index contributed by atoms with van der Waals surface area (Å²) in [5.41, 5.74) is 18.9. The highest BCUT2D eigenvalue weighted by Gasteiger charge is 2.46. The molecule has 0 saturated carbocycles. The van der Waals surface area contributed by atoms with E-state index in [0.29, 0.717) is 5.82 Å². The van der Waals surface area contributed by atoms with E-state index in [2.05, 4.69) is 258 Å². The van der Waals surface area contributed by atoms with Crippen molar-refractivity contribution in [2.45, 2.75) is 11.3 Å². The number of rotatable bonds is 6. The predicted octanol–water partition coefficient (Wildman–Crippen LogP) is 15.9. The number of nitrogens with zero attached hydrogens (tertiary/aromatic N) is 4. The zero-order valence-corrected chi connectivity index (χ0v) is 38.0. The Labute approximate surface area is 405 Å². The Morgan fingerprint density at radius 3 is 1.47 bits per heavy atom. The van der Waals surface area contributed by atoms with Gasteiger partial charge < -0.3 is 0 Å². The highest BCUT2D eigenvalue weighted by molar-refractivity contribution is 6.13. The number of hydrogen-bond acceptors (Lipinski definition) is 2. The minimum atomic E-state index is -0.521. The van der Waals surface area contributed by atoms with Crippen molar-refractivity contribution in [3.05, 3.63) is 288 Å². The molecule has 0 aliphatic heterocycles. The molecule has 13 aromatic rings. The first kappa shape index (κ1) is 38.9. The molecule has 2 aliphatic rings. The monoisotopic (exact) mass is 890 g/mol. The Balaban J connectivity index is 1.02. The molecule has 2 aliphatic carbocycles. The van der Waals surface area contributed by atoms with Gasteiger partial charge in [0, 0.05) is 39.1 Å². The second-order valence-corrected chi connectivity index (χ2v) is 18.8. The maximum Gasteiger partial charge on any atom is 0.163 e. The third-order valence-electron chi connectivity index (χ3n) is 15.3. The van der Waals surface area contributed by atoms with Gasteiger partial charge in [-0.3, -0.25) is 9.13 Å². The first-order valence-electron chi connectivity index (χ1n) is 24.2. The van der Waals surface area contributed by atoms with Crippen LogP contribution in [-0.4, -0.2) is 19.1 Å². The molecule has 0 fully saturated rings. The van der Waals surface area contributed by atoms with Crippen LogP contribution in [0.2, 0.25) is 0 Å². The lowest BCUT2D eigenvalue weighted by molar-refractivity contribution is 0.769. The Morgan fingerprint density at radius 2 is 0.829 bits per heavy atom. The van der Waals surface area contributed by atoms with E-state index in [0.717, 1.165) is 39.3 Å². The summed E-state index contributed by atoms with van der Waals surface area (Å²) >= 11 is 0. The Kier molecular flexibility index (Phi) is 8.31. The molecule has 326 valence electrons. The van der Waals surface area contributed by atoms with Crippen molar-refractivity contribution in [1.29, 1.82) is 0 Å². The summed E-state index contributed by atoms with van der Waals surface area (Å²) in [5, 5.41) is 4.75. The van der Waals surface area contributed by atoms with Gasteiger partial charge in [-0.05, 0) is 97.6 Å². The van der Waals surface area contributed by atoms with Crippen LogP contribution in [-0.2, 0) is 5.41 Å². The standard InChI is InChI=1S/C66H42N4/c1-5-21-42(22-6-1)64-50-33-14-13-29-46(50)51-39-60-53(37-55(51)64)48-31-16-19-35-58(48)69(60)62-41-63(68-65(67-62)43-23-7-2-8-24-43)70-59-36-20-17-32-49(59)54-38-57-52(40-61(54)70)47-30-15-18-34-56(47)66(57,44-25-9-3-10-26-44)45-27-11-4-12-28-45/h1-41,64H. The lowest BCUT2D eigenvalue weighted by atomic mass is 9.67. The van der Waals surface area contributed by atoms with Gasteiger partial charge in [-0.15, -0.1) is 0 Å². The highest BCUT2D eigenvalue weighted by atomic mass is 15.1. The van der Waals surface area contributed by atoms with E-state index in [9.17, 15) is 0 Å². The van der Waals surface area contributed by atoms with Crippen molar-refractivity contribution >= 4 is 43.6 Å². The largest absolute Gasteiger partial charge is 0.294 e. The average molecular weight is 891 g/mol. The summed E-state index contributed by atoms with van der Waals surface area (Å²) < 4.78 is 4.75. The Bertz CT molecular complexity index is 4190. The minimum absolute atomic E-state index is 0.142. The molecule has 3 aromatic heterocycles.